The van der Waals surface area contributed by atoms with Crippen LogP contribution in [0.15, 0.2) is 12.1 Å². The van der Waals surface area contributed by atoms with E-state index in [-0.39, 0.29) is 6.42 Å². The van der Waals surface area contributed by atoms with Crippen LogP contribution in [-0.4, -0.2) is 27.3 Å². The fraction of sp³-hybridized carbons (Fsp3) is 0.417. The summed E-state index contributed by atoms with van der Waals surface area (Å²) in [6.07, 6.45) is -0.168. The van der Waals surface area contributed by atoms with Gasteiger partial charge in [-0.05, 0) is 12.1 Å². The van der Waals surface area contributed by atoms with Crippen molar-refractivity contribution in [2.75, 3.05) is 21.3 Å². The van der Waals surface area contributed by atoms with Crippen molar-refractivity contribution in [3.63, 3.8) is 0 Å². The molecule has 0 aliphatic carbocycles. The molecular formula is C12H17NO5. The van der Waals surface area contributed by atoms with Crippen LogP contribution >= 0.6 is 0 Å². The van der Waals surface area contributed by atoms with E-state index in [1.54, 1.807) is 12.1 Å². The van der Waals surface area contributed by atoms with Crippen molar-refractivity contribution >= 4 is 5.97 Å². The van der Waals surface area contributed by atoms with Crippen LogP contribution in [0.25, 0.3) is 0 Å². The first-order chi connectivity index (χ1) is 8.53. The summed E-state index contributed by atoms with van der Waals surface area (Å²) in [4.78, 5) is 10.6. The second-order valence-corrected chi connectivity index (χ2v) is 3.73. The molecule has 1 atom stereocenters. The highest BCUT2D eigenvalue weighted by atomic mass is 16.5. The van der Waals surface area contributed by atoms with Crippen molar-refractivity contribution in [1.29, 1.82) is 0 Å². The van der Waals surface area contributed by atoms with Gasteiger partial charge in [0.05, 0.1) is 21.3 Å². The average Bonchev–Trinajstić information content (AvgIpc) is 2.35. The van der Waals surface area contributed by atoms with Gasteiger partial charge in [-0.2, -0.15) is 0 Å². The summed E-state index contributed by atoms with van der Waals surface area (Å²) in [5.41, 5.74) is 4.47. The van der Waals surface area contributed by atoms with Gasteiger partial charge in [0, 0.05) is 18.0 Å². The molecule has 0 bridgehead atoms. The Morgan fingerprint density at radius 3 is 2.06 bits per heavy atom. The molecule has 0 saturated carbocycles. The highest BCUT2D eigenvalue weighted by molar-refractivity contribution is 5.65. The first-order valence-electron chi connectivity index (χ1n) is 5.36. The van der Waals surface area contributed by atoms with Gasteiger partial charge in [-0.15, -0.1) is 0 Å². The molecule has 0 heterocycles. The summed E-state index contributed by atoms with van der Waals surface area (Å²) in [6.45, 7) is 0. The Balaban J connectivity index is 3.18. The topological polar surface area (TPSA) is 95.5 Å². The van der Waals surface area contributed by atoms with Crippen LogP contribution in [0.1, 0.15) is 18.0 Å². The summed E-state index contributed by atoms with van der Waals surface area (Å²) < 4.78 is 15.5. The number of carboxylic acid groups (broad SMARTS) is 1. The highest BCUT2D eigenvalue weighted by Crippen LogP contribution is 2.39. The lowest BCUT2D eigenvalue weighted by atomic mass is 10.0. The van der Waals surface area contributed by atoms with Crippen LogP contribution in [0.2, 0.25) is 0 Å². The number of methoxy groups -OCH3 is 3. The van der Waals surface area contributed by atoms with Crippen LogP contribution in [0.4, 0.5) is 0 Å². The van der Waals surface area contributed by atoms with Gasteiger partial charge in [0.1, 0.15) is 6.04 Å². The predicted octanol–water partition coefficient (Wildman–Crippen LogP) is -0.865. The Kier molecular flexibility index (Phi) is 4.79. The fourth-order valence-electron chi connectivity index (χ4n) is 1.66. The Hall–Kier alpha value is -1.95. The van der Waals surface area contributed by atoms with Gasteiger partial charge in [-0.25, -0.2) is 0 Å². The molecule has 0 saturated heterocycles. The smallest absolute Gasteiger partial charge is 0.203 e. The average molecular weight is 255 g/mol. The van der Waals surface area contributed by atoms with Crippen molar-refractivity contribution in [2.24, 2.45) is 0 Å². The number of benzene rings is 1. The standard InChI is InChI=1S/C12H17NO5/c1-16-9-4-7(8(13)6-11(14)15)5-10(17-2)12(9)18-3/h4-5,8H,6,13H2,1-3H3,(H,14,15)/t8-/m0/s1. The van der Waals surface area contributed by atoms with Gasteiger partial charge in [0.25, 0.3) is 0 Å². The van der Waals surface area contributed by atoms with E-state index in [0.29, 0.717) is 22.8 Å². The number of ether oxygens (including phenoxy) is 3. The zero-order chi connectivity index (χ0) is 13.7. The predicted molar refractivity (Wildman–Crippen MR) is 61.4 cm³/mol. The molecule has 0 aliphatic rings. The van der Waals surface area contributed by atoms with E-state index in [1.807, 2.05) is 0 Å². The van der Waals surface area contributed by atoms with Crippen LogP contribution in [0.3, 0.4) is 0 Å². The molecule has 0 amide bonds. The zero-order valence-electron chi connectivity index (χ0n) is 10.7. The molecule has 6 nitrogen and oxygen atoms in total. The maximum atomic E-state index is 10.6. The normalized spacial score (nSPS) is 11.8. The third-order valence-corrected chi connectivity index (χ3v) is 2.57. The number of quaternary nitrogens is 1. The Morgan fingerprint density at radius 1 is 1.22 bits per heavy atom. The zero-order valence-corrected chi connectivity index (χ0v) is 10.7. The fourth-order valence-corrected chi connectivity index (χ4v) is 1.66. The van der Waals surface area contributed by atoms with E-state index in [0.717, 1.165) is 0 Å². The van der Waals surface area contributed by atoms with Crippen LogP contribution in [0, 0.1) is 0 Å². The molecule has 0 fully saturated rings. The molecule has 0 radical (unpaired) electrons. The number of hydrogen-bond donors (Lipinski definition) is 1. The second-order valence-electron chi connectivity index (χ2n) is 3.73. The number of carbonyl (C=O) groups is 1. The minimum atomic E-state index is -1.15. The van der Waals surface area contributed by atoms with Crippen molar-refractivity contribution in [3.8, 4) is 17.2 Å². The van der Waals surface area contributed by atoms with Crippen LogP contribution < -0.4 is 25.1 Å². The Bertz CT molecular complexity index is 407. The quantitative estimate of drug-likeness (QED) is 0.713. The van der Waals surface area contributed by atoms with Gasteiger partial charge in [0.2, 0.25) is 5.75 Å². The van der Waals surface area contributed by atoms with E-state index in [1.165, 1.54) is 21.3 Å². The van der Waals surface area contributed by atoms with E-state index in [2.05, 4.69) is 5.73 Å². The van der Waals surface area contributed by atoms with Crippen molar-refractivity contribution in [1.82, 2.24) is 0 Å². The van der Waals surface area contributed by atoms with Crippen LogP contribution in [-0.2, 0) is 4.79 Å². The van der Waals surface area contributed by atoms with Crippen molar-refractivity contribution in [2.45, 2.75) is 12.5 Å². The Morgan fingerprint density at radius 2 is 1.72 bits per heavy atom. The molecule has 1 aromatic rings. The molecule has 0 aromatic heterocycles. The van der Waals surface area contributed by atoms with Crippen molar-refractivity contribution < 1.29 is 29.8 Å². The molecule has 6 heteroatoms. The SMILES string of the molecule is COc1cc([C@@H]([NH3+])CC(=O)[O-])cc(OC)c1OC. The number of carbonyl (C=O) groups excluding carboxylic acids is 1. The lowest BCUT2D eigenvalue weighted by molar-refractivity contribution is -0.430. The third-order valence-electron chi connectivity index (χ3n) is 2.57. The monoisotopic (exact) mass is 255 g/mol. The summed E-state index contributed by atoms with van der Waals surface area (Å²) >= 11 is 0. The lowest BCUT2D eigenvalue weighted by Crippen LogP contribution is -2.55. The maximum Gasteiger partial charge on any atom is 0.203 e. The van der Waals surface area contributed by atoms with E-state index >= 15 is 0 Å². The van der Waals surface area contributed by atoms with Crippen LogP contribution in [0.5, 0.6) is 17.2 Å². The number of aliphatic carboxylic acids is 1. The van der Waals surface area contributed by atoms with Gasteiger partial charge in [-0.3, -0.25) is 0 Å². The summed E-state index contributed by atoms with van der Waals surface area (Å²) in [5.74, 6) is 0.255. The van der Waals surface area contributed by atoms with E-state index < -0.39 is 12.0 Å². The summed E-state index contributed by atoms with van der Waals surface area (Å²) in [5, 5.41) is 10.6. The summed E-state index contributed by atoms with van der Waals surface area (Å²) in [7, 11) is 4.50. The molecule has 100 valence electrons. The first kappa shape index (κ1) is 14.1. The molecule has 0 aliphatic heterocycles. The lowest BCUT2D eigenvalue weighted by Gasteiger charge is -2.16. The highest BCUT2D eigenvalue weighted by Gasteiger charge is 2.18. The number of hydrogen-bond acceptors (Lipinski definition) is 5. The molecule has 1 aromatic carbocycles. The van der Waals surface area contributed by atoms with E-state index in [4.69, 9.17) is 14.2 Å². The Labute approximate surface area is 105 Å². The number of rotatable bonds is 6. The van der Waals surface area contributed by atoms with Gasteiger partial charge in [-0.1, -0.05) is 0 Å². The molecule has 3 N–H and O–H groups in total. The minimum absolute atomic E-state index is 0.168. The molecular weight excluding hydrogens is 238 g/mol. The molecule has 0 spiro atoms. The number of carboxylic acids is 1. The first-order valence-corrected chi connectivity index (χ1v) is 5.36. The maximum absolute atomic E-state index is 10.6. The minimum Gasteiger partial charge on any atom is -0.550 e. The van der Waals surface area contributed by atoms with E-state index in [9.17, 15) is 9.90 Å². The van der Waals surface area contributed by atoms with Gasteiger partial charge >= 0.3 is 0 Å². The van der Waals surface area contributed by atoms with Gasteiger partial charge in [0.15, 0.2) is 11.5 Å². The van der Waals surface area contributed by atoms with Crippen molar-refractivity contribution in [3.05, 3.63) is 17.7 Å². The van der Waals surface area contributed by atoms with Gasteiger partial charge < -0.3 is 29.8 Å². The largest absolute Gasteiger partial charge is 0.550 e. The second kappa shape index (κ2) is 6.11. The molecule has 18 heavy (non-hydrogen) atoms. The molecule has 0 unspecified atom stereocenters. The molecule has 1 rings (SSSR count). The summed E-state index contributed by atoms with van der Waals surface area (Å²) in [6, 6.07) is 2.92. The third kappa shape index (κ3) is 3.04.